The highest BCUT2D eigenvalue weighted by molar-refractivity contribution is 6.05. The maximum Gasteiger partial charge on any atom is 0.277 e. The first-order chi connectivity index (χ1) is 15.6. The molecule has 0 N–H and O–H groups in total. The van der Waals surface area contributed by atoms with Gasteiger partial charge in [0.15, 0.2) is 0 Å². The third-order valence-electron chi connectivity index (χ3n) is 5.50. The molecule has 0 saturated heterocycles. The lowest BCUT2D eigenvalue weighted by Gasteiger charge is -2.22. The highest BCUT2D eigenvalue weighted by atomic mass is 19.1. The van der Waals surface area contributed by atoms with Crippen LogP contribution in [-0.4, -0.2) is 33.7 Å². The van der Waals surface area contributed by atoms with E-state index in [2.05, 4.69) is 15.1 Å². The molecule has 5 rings (SSSR count). The van der Waals surface area contributed by atoms with Crippen molar-refractivity contribution in [1.29, 1.82) is 0 Å². The summed E-state index contributed by atoms with van der Waals surface area (Å²) in [5.74, 6) is -0.377. The van der Waals surface area contributed by atoms with Crippen LogP contribution in [0.25, 0.3) is 11.0 Å². The molecule has 6 nitrogen and oxygen atoms in total. The predicted molar refractivity (Wildman–Crippen MR) is 119 cm³/mol. The van der Waals surface area contributed by atoms with Crippen molar-refractivity contribution in [3.05, 3.63) is 102 Å². The summed E-state index contributed by atoms with van der Waals surface area (Å²) in [6.45, 7) is 0. The second-order valence-corrected chi connectivity index (χ2v) is 7.43. The van der Waals surface area contributed by atoms with Gasteiger partial charge in [-0.15, -0.1) is 0 Å². The molecule has 1 amide bonds. The van der Waals surface area contributed by atoms with Gasteiger partial charge in [0.25, 0.3) is 5.91 Å². The quantitative estimate of drug-likeness (QED) is 0.472. The molecule has 1 aromatic heterocycles. The van der Waals surface area contributed by atoms with Crippen molar-refractivity contribution in [3.8, 4) is 5.75 Å². The standard InChI is InChI=1S/C25H19FN4O2/c1-32-18-6-4-5-16(13-18)22-15-24(17-9-10-21-23(14-17)28-12-11-27-21)30(29-22)25(31)19-7-2-3-8-20(19)26/h2-14,24H,15H2,1H3/t24-/m0/s1. The number of amides is 1. The molecular weight excluding hydrogens is 407 g/mol. The maximum atomic E-state index is 14.4. The smallest absolute Gasteiger partial charge is 0.277 e. The van der Waals surface area contributed by atoms with Gasteiger partial charge in [0.2, 0.25) is 0 Å². The summed E-state index contributed by atoms with van der Waals surface area (Å²) in [4.78, 5) is 22.0. The average Bonchev–Trinajstić information content (AvgIpc) is 3.29. The second-order valence-electron chi connectivity index (χ2n) is 7.43. The Morgan fingerprint density at radius 1 is 1.00 bits per heavy atom. The molecule has 0 spiro atoms. The van der Waals surface area contributed by atoms with Gasteiger partial charge in [-0.05, 0) is 42.0 Å². The molecular formula is C25H19FN4O2. The number of halogens is 1. The zero-order valence-electron chi connectivity index (χ0n) is 17.3. The molecule has 0 unspecified atom stereocenters. The van der Waals surface area contributed by atoms with Gasteiger partial charge in [0.05, 0.1) is 35.5 Å². The fourth-order valence-corrected chi connectivity index (χ4v) is 3.88. The number of benzene rings is 3. The Balaban J connectivity index is 1.59. The molecule has 0 fully saturated rings. The fraction of sp³-hybridized carbons (Fsp3) is 0.120. The largest absolute Gasteiger partial charge is 0.497 e. The van der Waals surface area contributed by atoms with Crippen LogP contribution in [0, 0.1) is 5.82 Å². The van der Waals surface area contributed by atoms with Crippen molar-refractivity contribution >= 4 is 22.7 Å². The number of fused-ring (bicyclic) bond motifs is 1. The maximum absolute atomic E-state index is 14.4. The number of hydrazone groups is 1. The van der Waals surface area contributed by atoms with Crippen molar-refractivity contribution in [2.45, 2.75) is 12.5 Å². The highest BCUT2D eigenvalue weighted by Gasteiger charge is 2.35. The van der Waals surface area contributed by atoms with E-state index in [1.807, 2.05) is 42.5 Å². The first-order valence-corrected chi connectivity index (χ1v) is 10.1. The van der Waals surface area contributed by atoms with E-state index in [1.165, 1.54) is 17.1 Å². The van der Waals surface area contributed by atoms with Crippen molar-refractivity contribution in [2.24, 2.45) is 5.10 Å². The predicted octanol–water partition coefficient (Wildman–Crippen LogP) is 4.77. The number of hydrogen-bond donors (Lipinski definition) is 0. The minimum absolute atomic E-state index is 0.0197. The van der Waals surface area contributed by atoms with Crippen LogP contribution < -0.4 is 4.74 Å². The molecule has 0 bridgehead atoms. The number of ether oxygens (including phenoxy) is 1. The number of methoxy groups -OCH3 is 1. The Labute approximate surface area is 184 Å². The van der Waals surface area contributed by atoms with Crippen LogP contribution in [0.2, 0.25) is 0 Å². The summed E-state index contributed by atoms with van der Waals surface area (Å²) >= 11 is 0. The number of carbonyl (C=O) groups is 1. The Bertz CT molecular complexity index is 1350. The van der Waals surface area contributed by atoms with E-state index >= 15 is 0 Å². The summed E-state index contributed by atoms with van der Waals surface area (Å²) in [6, 6.07) is 18.7. The van der Waals surface area contributed by atoms with E-state index in [0.29, 0.717) is 12.2 Å². The van der Waals surface area contributed by atoms with Crippen molar-refractivity contribution in [2.75, 3.05) is 7.11 Å². The molecule has 0 saturated carbocycles. The molecule has 3 aromatic carbocycles. The molecule has 32 heavy (non-hydrogen) atoms. The van der Waals surface area contributed by atoms with Crippen LogP contribution in [0.4, 0.5) is 4.39 Å². The van der Waals surface area contributed by atoms with Crippen LogP contribution in [-0.2, 0) is 0 Å². The van der Waals surface area contributed by atoms with E-state index in [1.54, 1.807) is 31.6 Å². The summed E-state index contributed by atoms with van der Waals surface area (Å²) in [5.41, 5.74) is 3.88. The minimum atomic E-state index is -0.578. The summed E-state index contributed by atoms with van der Waals surface area (Å²) < 4.78 is 19.8. The lowest BCUT2D eigenvalue weighted by Crippen LogP contribution is -2.27. The van der Waals surface area contributed by atoms with E-state index in [0.717, 1.165) is 27.9 Å². The van der Waals surface area contributed by atoms with Crippen molar-refractivity contribution in [1.82, 2.24) is 15.0 Å². The fourth-order valence-electron chi connectivity index (χ4n) is 3.88. The van der Waals surface area contributed by atoms with Gasteiger partial charge in [0.1, 0.15) is 11.6 Å². The Morgan fingerprint density at radius 2 is 1.81 bits per heavy atom. The summed E-state index contributed by atoms with van der Waals surface area (Å²) in [6.07, 6.45) is 3.73. The zero-order chi connectivity index (χ0) is 22.1. The summed E-state index contributed by atoms with van der Waals surface area (Å²) in [5, 5.41) is 6.00. The zero-order valence-corrected chi connectivity index (χ0v) is 17.3. The molecule has 0 aliphatic carbocycles. The van der Waals surface area contributed by atoms with E-state index in [-0.39, 0.29) is 5.56 Å². The number of aromatic nitrogens is 2. The topological polar surface area (TPSA) is 67.7 Å². The van der Waals surface area contributed by atoms with Gasteiger partial charge in [-0.1, -0.05) is 30.3 Å². The molecule has 2 heterocycles. The molecule has 158 valence electrons. The van der Waals surface area contributed by atoms with Gasteiger partial charge in [-0.25, -0.2) is 9.40 Å². The van der Waals surface area contributed by atoms with E-state index < -0.39 is 17.8 Å². The van der Waals surface area contributed by atoms with Gasteiger partial charge in [0, 0.05) is 24.4 Å². The molecule has 4 aromatic rings. The van der Waals surface area contributed by atoms with Crippen molar-refractivity contribution < 1.29 is 13.9 Å². The Kier molecular flexibility index (Phi) is 5.07. The highest BCUT2D eigenvalue weighted by Crippen LogP contribution is 2.35. The monoisotopic (exact) mass is 426 g/mol. The van der Waals surface area contributed by atoms with E-state index in [4.69, 9.17) is 4.74 Å². The molecule has 7 heteroatoms. The first kappa shape index (κ1) is 19.8. The van der Waals surface area contributed by atoms with Crippen LogP contribution in [0.15, 0.2) is 84.2 Å². The molecule has 1 aliphatic rings. The van der Waals surface area contributed by atoms with Gasteiger partial charge in [-0.2, -0.15) is 5.10 Å². The van der Waals surface area contributed by atoms with Gasteiger partial charge < -0.3 is 4.74 Å². The SMILES string of the molecule is COc1cccc(C2=NN(C(=O)c3ccccc3F)[C@H](c3ccc4nccnc4c3)C2)c1. The van der Waals surface area contributed by atoms with Gasteiger partial charge in [-0.3, -0.25) is 14.8 Å². The first-order valence-electron chi connectivity index (χ1n) is 10.1. The number of nitrogens with zero attached hydrogens (tertiary/aromatic N) is 4. The van der Waals surface area contributed by atoms with Crippen LogP contribution >= 0.6 is 0 Å². The minimum Gasteiger partial charge on any atom is -0.497 e. The lowest BCUT2D eigenvalue weighted by molar-refractivity contribution is 0.0706. The average molecular weight is 426 g/mol. The second kappa shape index (κ2) is 8.19. The molecule has 0 radical (unpaired) electrons. The third-order valence-corrected chi connectivity index (χ3v) is 5.50. The Hall–Kier alpha value is -4.13. The number of carbonyl (C=O) groups excluding carboxylic acids is 1. The summed E-state index contributed by atoms with van der Waals surface area (Å²) in [7, 11) is 1.60. The van der Waals surface area contributed by atoms with Gasteiger partial charge >= 0.3 is 0 Å². The normalized spacial score (nSPS) is 15.6. The Morgan fingerprint density at radius 3 is 2.62 bits per heavy atom. The molecule has 1 aliphatic heterocycles. The lowest BCUT2D eigenvalue weighted by atomic mass is 9.97. The van der Waals surface area contributed by atoms with Crippen LogP contribution in [0.3, 0.4) is 0 Å². The van der Waals surface area contributed by atoms with E-state index in [9.17, 15) is 9.18 Å². The third kappa shape index (κ3) is 3.58. The number of hydrogen-bond acceptors (Lipinski definition) is 5. The van der Waals surface area contributed by atoms with Crippen LogP contribution in [0.5, 0.6) is 5.75 Å². The van der Waals surface area contributed by atoms with Crippen molar-refractivity contribution in [3.63, 3.8) is 0 Å². The number of rotatable bonds is 4. The van der Waals surface area contributed by atoms with Crippen LogP contribution in [0.1, 0.15) is 33.9 Å². The molecule has 1 atom stereocenters.